The lowest BCUT2D eigenvalue weighted by molar-refractivity contribution is -0.111. The number of anilines is 5. The quantitative estimate of drug-likeness (QED) is 0.375. The Bertz CT molecular complexity index is 1450. The minimum absolute atomic E-state index is 0.357. The molecule has 36 heavy (non-hydrogen) atoms. The first-order valence-corrected chi connectivity index (χ1v) is 11.6. The summed E-state index contributed by atoms with van der Waals surface area (Å²) in [6, 6.07) is 17.3. The summed E-state index contributed by atoms with van der Waals surface area (Å²) >= 11 is 0. The largest absolute Gasteiger partial charge is 0.383 e. The van der Waals surface area contributed by atoms with Crippen molar-refractivity contribution in [3.05, 3.63) is 60.8 Å². The number of nitrogens with one attached hydrogen (secondary N) is 2. The number of benzene rings is 2. The normalized spacial score (nSPS) is 13.8. The van der Waals surface area contributed by atoms with E-state index in [1.54, 1.807) is 18.3 Å². The first kappa shape index (κ1) is 23.1. The molecule has 4 N–H and O–H groups in total. The van der Waals surface area contributed by atoms with Crippen LogP contribution in [0.1, 0.15) is 0 Å². The number of pyridine rings is 1. The number of nitrogens with zero attached hydrogens (tertiary/aromatic N) is 5. The molecule has 0 radical (unpaired) electrons. The minimum Gasteiger partial charge on any atom is -0.383 e. The molecule has 4 aromatic rings. The van der Waals surface area contributed by atoms with Crippen molar-refractivity contribution >= 4 is 45.6 Å². The highest BCUT2D eigenvalue weighted by atomic mass is 16.1. The van der Waals surface area contributed by atoms with Crippen LogP contribution in [0.3, 0.4) is 0 Å². The SMILES string of the molecule is C#CC(=O)Nc1ccnc(-c2cccc3c(N)nc(Nc4ccc(N5CCN(C)CC5)cc4)nc23)c1. The van der Waals surface area contributed by atoms with Crippen molar-refractivity contribution in [2.75, 3.05) is 54.5 Å². The number of hydrogen-bond acceptors (Lipinski definition) is 8. The summed E-state index contributed by atoms with van der Waals surface area (Å²) in [6.45, 7) is 4.14. The molecule has 1 aliphatic rings. The van der Waals surface area contributed by atoms with Gasteiger partial charge < -0.3 is 26.2 Å². The molecule has 9 nitrogen and oxygen atoms in total. The molecule has 1 aliphatic heterocycles. The molecule has 1 amide bonds. The van der Waals surface area contributed by atoms with Crippen molar-refractivity contribution in [1.82, 2.24) is 19.9 Å². The number of carbonyl (C=O) groups is 1. The number of aromatic nitrogens is 3. The van der Waals surface area contributed by atoms with Crippen LogP contribution < -0.4 is 21.3 Å². The first-order valence-electron chi connectivity index (χ1n) is 11.6. The van der Waals surface area contributed by atoms with Gasteiger partial charge in [0.05, 0.1) is 11.2 Å². The van der Waals surface area contributed by atoms with Gasteiger partial charge in [-0.1, -0.05) is 12.1 Å². The van der Waals surface area contributed by atoms with E-state index in [4.69, 9.17) is 17.1 Å². The fourth-order valence-electron chi connectivity index (χ4n) is 4.21. The average molecular weight is 479 g/mol. The molecule has 0 aliphatic carbocycles. The zero-order valence-corrected chi connectivity index (χ0v) is 19.9. The van der Waals surface area contributed by atoms with E-state index in [2.05, 4.69) is 49.6 Å². The molecular formula is C27H26N8O. The van der Waals surface area contributed by atoms with Gasteiger partial charge in [0.2, 0.25) is 5.95 Å². The van der Waals surface area contributed by atoms with E-state index in [1.165, 1.54) is 5.69 Å². The molecule has 1 fully saturated rings. The third kappa shape index (κ3) is 4.89. The number of piperazine rings is 1. The van der Waals surface area contributed by atoms with Gasteiger partial charge in [-0.25, -0.2) is 4.98 Å². The molecule has 0 bridgehead atoms. The lowest BCUT2D eigenvalue weighted by Gasteiger charge is -2.34. The highest BCUT2D eigenvalue weighted by Gasteiger charge is 2.15. The van der Waals surface area contributed by atoms with Crippen LogP contribution in [0, 0.1) is 12.3 Å². The molecular weight excluding hydrogens is 452 g/mol. The summed E-state index contributed by atoms with van der Waals surface area (Å²) in [5.41, 5.74) is 10.9. The van der Waals surface area contributed by atoms with Gasteiger partial charge >= 0.3 is 0 Å². The fraction of sp³-hybridized carbons (Fsp3) is 0.185. The van der Waals surface area contributed by atoms with E-state index in [0.717, 1.165) is 37.4 Å². The van der Waals surface area contributed by atoms with Crippen molar-refractivity contribution in [2.24, 2.45) is 0 Å². The fourth-order valence-corrected chi connectivity index (χ4v) is 4.21. The smallest absolute Gasteiger partial charge is 0.300 e. The monoisotopic (exact) mass is 478 g/mol. The van der Waals surface area contributed by atoms with Crippen LogP contribution in [-0.4, -0.2) is 59.0 Å². The average Bonchev–Trinajstić information content (AvgIpc) is 2.89. The van der Waals surface area contributed by atoms with E-state index in [1.807, 2.05) is 36.3 Å². The molecule has 3 heterocycles. The van der Waals surface area contributed by atoms with E-state index in [-0.39, 0.29) is 0 Å². The predicted molar refractivity (Wildman–Crippen MR) is 144 cm³/mol. The van der Waals surface area contributed by atoms with Gasteiger partial charge in [0, 0.05) is 60.4 Å². The number of para-hydroxylation sites is 1. The molecule has 0 saturated carbocycles. The predicted octanol–water partition coefficient (Wildman–Crippen LogP) is 3.34. The van der Waals surface area contributed by atoms with Crippen LogP contribution in [0.25, 0.3) is 22.2 Å². The molecule has 2 aromatic heterocycles. The van der Waals surface area contributed by atoms with Gasteiger partial charge in [0.1, 0.15) is 5.82 Å². The van der Waals surface area contributed by atoms with Crippen LogP contribution in [0.15, 0.2) is 60.8 Å². The highest BCUT2D eigenvalue weighted by Crippen LogP contribution is 2.31. The molecule has 9 heteroatoms. The van der Waals surface area contributed by atoms with Crippen LogP contribution >= 0.6 is 0 Å². The number of hydrogen-bond donors (Lipinski definition) is 3. The zero-order chi connectivity index (χ0) is 25.1. The summed E-state index contributed by atoms with van der Waals surface area (Å²) in [5, 5.41) is 6.63. The van der Waals surface area contributed by atoms with Crippen molar-refractivity contribution in [3.63, 3.8) is 0 Å². The first-order chi connectivity index (χ1) is 17.5. The Morgan fingerprint density at radius 2 is 1.81 bits per heavy atom. The Balaban J connectivity index is 1.43. The molecule has 180 valence electrons. The Hall–Kier alpha value is -4.68. The number of carbonyl (C=O) groups excluding carboxylic acids is 1. The Labute approximate surface area is 209 Å². The molecule has 1 saturated heterocycles. The summed E-state index contributed by atoms with van der Waals surface area (Å²) in [4.78, 5) is 30.0. The zero-order valence-electron chi connectivity index (χ0n) is 19.9. The van der Waals surface area contributed by atoms with Gasteiger partial charge in [-0.15, -0.1) is 6.42 Å². The number of amides is 1. The van der Waals surface area contributed by atoms with Gasteiger partial charge in [0.15, 0.2) is 0 Å². The number of likely N-dealkylation sites (N-methyl/N-ethyl adjacent to an activating group) is 1. The van der Waals surface area contributed by atoms with Crippen LogP contribution in [0.2, 0.25) is 0 Å². The lowest BCUT2D eigenvalue weighted by atomic mass is 10.1. The van der Waals surface area contributed by atoms with Crippen molar-refractivity contribution in [3.8, 4) is 23.6 Å². The second kappa shape index (κ2) is 9.90. The summed E-state index contributed by atoms with van der Waals surface area (Å²) in [6.07, 6.45) is 6.77. The van der Waals surface area contributed by atoms with Crippen molar-refractivity contribution < 1.29 is 4.79 Å². The molecule has 0 spiro atoms. The third-order valence-corrected chi connectivity index (χ3v) is 6.17. The molecule has 5 rings (SSSR count). The summed E-state index contributed by atoms with van der Waals surface area (Å²) in [5.74, 6) is 2.26. The number of nitrogens with two attached hydrogens (primary N) is 1. The van der Waals surface area contributed by atoms with Gasteiger partial charge in [-0.3, -0.25) is 9.78 Å². The summed E-state index contributed by atoms with van der Waals surface area (Å²) in [7, 11) is 2.15. The topological polar surface area (TPSA) is 112 Å². The molecule has 0 atom stereocenters. The van der Waals surface area contributed by atoms with Gasteiger partial charge in [-0.2, -0.15) is 4.98 Å². The van der Waals surface area contributed by atoms with Gasteiger partial charge in [-0.05, 0) is 55.4 Å². The number of nitrogen functional groups attached to an aromatic ring is 1. The molecule has 0 unspecified atom stereocenters. The van der Waals surface area contributed by atoms with Crippen molar-refractivity contribution in [2.45, 2.75) is 0 Å². The Morgan fingerprint density at radius 3 is 2.56 bits per heavy atom. The van der Waals surface area contributed by atoms with Crippen molar-refractivity contribution in [1.29, 1.82) is 0 Å². The van der Waals surface area contributed by atoms with E-state index >= 15 is 0 Å². The third-order valence-electron chi connectivity index (χ3n) is 6.17. The van der Waals surface area contributed by atoms with Gasteiger partial charge in [0.25, 0.3) is 5.91 Å². The standard InChI is InChI=1S/C27H26N8O/c1-3-24(36)30-19-11-12-29-23(17-19)21-5-4-6-22-25(21)32-27(33-26(22)28)31-18-7-9-20(10-8-18)35-15-13-34(2)14-16-35/h1,4-12,17H,13-16H2,2H3,(H,29,30,36)(H3,28,31,32,33). The maximum absolute atomic E-state index is 11.6. The maximum atomic E-state index is 11.6. The number of rotatable bonds is 5. The number of fused-ring (bicyclic) bond motifs is 1. The summed E-state index contributed by atoms with van der Waals surface area (Å²) < 4.78 is 0. The Kier molecular flexibility index (Phi) is 6.34. The van der Waals surface area contributed by atoms with Crippen LogP contribution in [0.4, 0.5) is 28.8 Å². The second-order valence-electron chi connectivity index (χ2n) is 8.62. The van der Waals surface area contributed by atoms with E-state index in [9.17, 15) is 4.79 Å². The molecule has 2 aromatic carbocycles. The Morgan fingerprint density at radius 1 is 1.03 bits per heavy atom. The second-order valence-corrected chi connectivity index (χ2v) is 8.62. The highest BCUT2D eigenvalue weighted by molar-refractivity contribution is 6.04. The van der Waals surface area contributed by atoms with E-state index in [0.29, 0.717) is 34.1 Å². The van der Waals surface area contributed by atoms with Crippen LogP contribution in [-0.2, 0) is 4.79 Å². The van der Waals surface area contributed by atoms with Crippen LogP contribution in [0.5, 0.6) is 0 Å². The lowest BCUT2D eigenvalue weighted by Crippen LogP contribution is -2.44. The maximum Gasteiger partial charge on any atom is 0.300 e. The minimum atomic E-state index is -0.526. The van der Waals surface area contributed by atoms with E-state index < -0.39 is 5.91 Å². The number of terminal acetylenes is 1.